The molecule has 0 spiro atoms. The van der Waals surface area contributed by atoms with Crippen molar-refractivity contribution < 1.29 is 4.57 Å². The highest BCUT2D eigenvalue weighted by Gasteiger charge is 2.38. The summed E-state index contributed by atoms with van der Waals surface area (Å²) < 4.78 is 17.0. The number of rotatable bonds is 5. The molecule has 0 bridgehead atoms. The molecule has 2 aromatic rings. The fraction of sp³-hybridized carbons (Fsp3) is 0.538. The van der Waals surface area contributed by atoms with E-state index in [1.165, 1.54) is 11.1 Å². The van der Waals surface area contributed by atoms with Crippen LogP contribution >= 0.6 is 7.29 Å². The summed E-state index contributed by atoms with van der Waals surface area (Å²) >= 11 is 0. The van der Waals surface area contributed by atoms with Crippen molar-refractivity contribution in [1.29, 1.82) is 0 Å². The average Bonchev–Trinajstić information content (AvgIpc) is 2.59. The second-order valence-corrected chi connectivity index (χ2v) is 13.4. The minimum absolute atomic E-state index is 0.0761. The molecule has 0 aliphatic rings. The third kappa shape index (κ3) is 5.04. The zero-order valence-corrected chi connectivity index (χ0v) is 21.0. The highest BCUT2D eigenvalue weighted by Crippen LogP contribution is 2.50. The van der Waals surface area contributed by atoms with Crippen molar-refractivity contribution in [2.45, 2.75) is 92.2 Å². The Hall–Kier alpha value is -1.37. The summed E-state index contributed by atoms with van der Waals surface area (Å²) in [7, 11) is -2.96. The van der Waals surface area contributed by atoms with E-state index in [1.807, 2.05) is 0 Å². The number of hydrogen-bond acceptors (Lipinski definition) is 1. The van der Waals surface area contributed by atoms with Crippen molar-refractivity contribution in [3.05, 3.63) is 59.7 Å². The Balaban J connectivity index is 2.68. The molecule has 2 nitrogen and oxygen atoms in total. The van der Waals surface area contributed by atoms with Crippen molar-refractivity contribution in [2.24, 2.45) is 0 Å². The second kappa shape index (κ2) is 8.40. The maximum absolute atomic E-state index is 14.8. The fourth-order valence-corrected chi connectivity index (χ4v) is 7.23. The summed E-state index contributed by atoms with van der Waals surface area (Å²) in [6, 6.07) is 17.2. The molecular weight excluding hydrogens is 373 g/mol. The molecule has 0 saturated carbocycles. The molecule has 0 radical (unpaired) electrons. The van der Waals surface area contributed by atoms with Crippen LogP contribution in [0.2, 0.25) is 0 Å². The summed E-state index contributed by atoms with van der Waals surface area (Å²) in [5, 5.41) is 1.83. The Morgan fingerprint density at radius 1 is 0.621 bits per heavy atom. The van der Waals surface area contributed by atoms with Crippen molar-refractivity contribution in [3.63, 3.8) is 0 Å². The molecule has 0 fully saturated rings. The predicted molar refractivity (Wildman–Crippen MR) is 129 cm³/mol. The molecule has 0 heterocycles. The Morgan fingerprint density at radius 2 is 0.897 bits per heavy atom. The lowest BCUT2D eigenvalue weighted by Gasteiger charge is -2.39. The second-order valence-electron chi connectivity index (χ2n) is 10.7. The lowest BCUT2D eigenvalue weighted by Crippen LogP contribution is -2.41. The van der Waals surface area contributed by atoms with E-state index in [4.69, 9.17) is 0 Å². The van der Waals surface area contributed by atoms with Gasteiger partial charge in [0.15, 0.2) is 0 Å². The number of benzene rings is 2. The van der Waals surface area contributed by atoms with E-state index in [0.717, 1.165) is 10.6 Å². The van der Waals surface area contributed by atoms with E-state index in [1.54, 1.807) is 0 Å². The van der Waals surface area contributed by atoms with Gasteiger partial charge in [-0.3, -0.25) is 4.57 Å². The zero-order chi connectivity index (χ0) is 22.2. The van der Waals surface area contributed by atoms with Crippen LogP contribution in [0.3, 0.4) is 0 Å². The van der Waals surface area contributed by atoms with Gasteiger partial charge in [-0.1, -0.05) is 65.8 Å². The van der Waals surface area contributed by atoms with Gasteiger partial charge in [-0.2, -0.15) is 0 Å². The quantitative estimate of drug-likeness (QED) is 0.513. The minimum Gasteiger partial charge on any atom is -0.296 e. The molecule has 3 heteroatoms. The number of nitrogens with zero attached hydrogens (tertiary/aromatic N) is 1. The first-order valence-electron chi connectivity index (χ1n) is 10.8. The largest absolute Gasteiger partial charge is 0.296 e. The maximum atomic E-state index is 14.8. The smallest absolute Gasteiger partial charge is 0.207 e. The van der Waals surface area contributed by atoms with Gasteiger partial charge in [-0.25, -0.2) is 4.67 Å². The van der Waals surface area contributed by atoms with Crippen LogP contribution in [0.15, 0.2) is 48.5 Å². The highest BCUT2D eigenvalue weighted by atomic mass is 31.2. The molecule has 160 valence electrons. The summed E-state index contributed by atoms with van der Waals surface area (Å²) in [5.74, 6) is 0. The maximum Gasteiger partial charge on any atom is 0.207 e. The van der Waals surface area contributed by atoms with Gasteiger partial charge in [0.05, 0.1) is 0 Å². The van der Waals surface area contributed by atoms with Crippen LogP contribution in [0.25, 0.3) is 0 Å². The van der Waals surface area contributed by atoms with Crippen LogP contribution in [-0.4, -0.2) is 16.8 Å². The zero-order valence-electron chi connectivity index (χ0n) is 20.1. The van der Waals surface area contributed by atoms with Crippen LogP contribution in [0.4, 0.5) is 0 Å². The third-order valence-electron chi connectivity index (χ3n) is 5.55. The predicted octanol–water partition coefficient (Wildman–Crippen LogP) is 6.63. The SMILES string of the molecule is CC(C)N(C(C)C)P(=O)(c1ccc(C(C)(C)C)cc1)c1ccc(C(C)(C)C)cc1. The molecule has 0 aliphatic heterocycles. The number of hydrogen-bond donors (Lipinski definition) is 0. The van der Waals surface area contributed by atoms with Gasteiger partial charge in [0.1, 0.15) is 0 Å². The van der Waals surface area contributed by atoms with Crippen molar-refractivity contribution in [3.8, 4) is 0 Å². The van der Waals surface area contributed by atoms with Crippen molar-refractivity contribution in [2.75, 3.05) is 0 Å². The highest BCUT2D eigenvalue weighted by molar-refractivity contribution is 7.76. The van der Waals surface area contributed by atoms with E-state index in [2.05, 4.69) is 122 Å². The molecule has 2 aromatic carbocycles. The summed E-state index contributed by atoms with van der Waals surface area (Å²) in [4.78, 5) is 0. The molecule has 0 unspecified atom stereocenters. The molecule has 0 N–H and O–H groups in total. The first-order valence-corrected chi connectivity index (χ1v) is 12.5. The molecule has 2 rings (SSSR count). The normalized spacial score (nSPS) is 13.6. The van der Waals surface area contributed by atoms with Crippen LogP contribution < -0.4 is 10.6 Å². The molecule has 0 amide bonds. The Bertz CT molecular complexity index is 780. The molecule has 0 aliphatic carbocycles. The first-order chi connectivity index (χ1) is 13.2. The Labute approximate surface area is 179 Å². The van der Waals surface area contributed by atoms with Crippen LogP contribution in [0.5, 0.6) is 0 Å². The molecule has 0 aromatic heterocycles. The Kier molecular flexibility index (Phi) is 6.93. The molecule has 0 atom stereocenters. The van der Waals surface area contributed by atoms with Gasteiger partial charge in [0.25, 0.3) is 0 Å². The minimum atomic E-state index is -2.96. The standard InChI is InChI=1S/C26H40NOP/c1-19(2)27(20(3)4)29(28,23-15-11-21(12-16-23)25(5,6)7)24-17-13-22(14-18-24)26(8,9)10/h11-20H,1-10H3. The van der Waals surface area contributed by atoms with Crippen LogP contribution in [0.1, 0.15) is 80.4 Å². The topological polar surface area (TPSA) is 20.3 Å². The fourth-order valence-electron chi connectivity index (χ4n) is 3.99. The van der Waals surface area contributed by atoms with Gasteiger partial charge < -0.3 is 0 Å². The van der Waals surface area contributed by atoms with E-state index in [-0.39, 0.29) is 22.9 Å². The van der Waals surface area contributed by atoms with Gasteiger partial charge >= 0.3 is 0 Å². The van der Waals surface area contributed by atoms with Gasteiger partial charge in [0.2, 0.25) is 7.29 Å². The van der Waals surface area contributed by atoms with Crippen LogP contribution in [0, 0.1) is 0 Å². The average molecular weight is 414 g/mol. The molecular formula is C26H40NOP. The summed E-state index contributed by atoms with van der Waals surface area (Å²) in [6.07, 6.45) is 0. The van der Waals surface area contributed by atoms with Crippen molar-refractivity contribution in [1.82, 2.24) is 4.67 Å². The van der Waals surface area contributed by atoms with Gasteiger partial charge in [-0.15, -0.1) is 0 Å². The molecule has 29 heavy (non-hydrogen) atoms. The molecule has 0 saturated heterocycles. The van der Waals surface area contributed by atoms with E-state index in [9.17, 15) is 4.57 Å². The van der Waals surface area contributed by atoms with Gasteiger partial charge in [-0.05, 0) is 73.9 Å². The van der Waals surface area contributed by atoms with E-state index in [0.29, 0.717) is 0 Å². The van der Waals surface area contributed by atoms with E-state index >= 15 is 0 Å². The third-order valence-corrected chi connectivity index (χ3v) is 9.12. The first kappa shape index (κ1) is 23.9. The van der Waals surface area contributed by atoms with Crippen molar-refractivity contribution >= 4 is 17.9 Å². The van der Waals surface area contributed by atoms with Crippen LogP contribution in [-0.2, 0) is 15.4 Å². The lowest BCUT2D eigenvalue weighted by atomic mass is 9.87. The lowest BCUT2D eigenvalue weighted by molar-refractivity contribution is 0.307. The summed E-state index contributed by atoms with van der Waals surface area (Å²) in [6.45, 7) is 21.8. The monoisotopic (exact) mass is 413 g/mol. The van der Waals surface area contributed by atoms with E-state index < -0.39 is 7.29 Å². The summed E-state index contributed by atoms with van der Waals surface area (Å²) in [5.41, 5.74) is 2.67. The Morgan fingerprint density at radius 3 is 1.10 bits per heavy atom. The van der Waals surface area contributed by atoms with Gasteiger partial charge in [0, 0.05) is 22.7 Å².